The van der Waals surface area contributed by atoms with Crippen molar-refractivity contribution in [2.24, 2.45) is 0 Å². The van der Waals surface area contributed by atoms with Gasteiger partial charge in [-0.1, -0.05) is 0 Å². The lowest BCUT2D eigenvalue weighted by Gasteiger charge is -2.22. The molecule has 0 bridgehead atoms. The first kappa shape index (κ1) is 10.2. The summed E-state index contributed by atoms with van der Waals surface area (Å²) in [6.45, 7) is 1.60. The Hall–Kier alpha value is -0.360. The Morgan fingerprint density at radius 2 is 2.21 bits per heavy atom. The molecular formula is C10H12INO2. The molecule has 1 saturated heterocycles. The van der Waals surface area contributed by atoms with Crippen LogP contribution in [-0.2, 0) is 4.74 Å². The van der Waals surface area contributed by atoms with Gasteiger partial charge in [-0.15, -0.1) is 0 Å². The Morgan fingerprint density at radius 3 is 2.93 bits per heavy atom. The number of rotatable bonds is 2. The van der Waals surface area contributed by atoms with Crippen molar-refractivity contribution >= 4 is 22.6 Å². The van der Waals surface area contributed by atoms with Gasteiger partial charge in [-0.25, -0.2) is 4.98 Å². The topological polar surface area (TPSA) is 31.4 Å². The van der Waals surface area contributed by atoms with Crippen molar-refractivity contribution in [3.05, 3.63) is 21.9 Å². The molecule has 0 aliphatic carbocycles. The third-order valence-corrected chi connectivity index (χ3v) is 2.99. The lowest BCUT2D eigenvalue weighted by Crippen LogP contribution is -2.26. The lowest BCUT2D eigenvalue weighted by atomic mass is 10.2. The molecule has 0 radical (unpaired) electrons. The molecule has 76 valence electrons. The van der Waals surface area contributed by atoms with Gasteiger partial charge in [-0.3, -0.25) is 0 Å². The van der Waals surface area contributed by atoms with Crippen molar-refractivity contribution in [2.75, 3.05) is 13.2 Å². The first-order valence-corrected chi connectivity index (χ1v) is 5.79. The van der Waals surface area contributed by atoms with Gasteiger partial charge in [-0.2, -0.15) is 0 Å². The standard InChI is InChI=1S/C10H12INO2/c11-9-2-1-5-12-10(9)14-8-3-6-13-7-4-8/h1-2,5,8H,3-4,6-7H2. The quantitative estimate of drug-likeness (QED) is 0.785. The zero-order valence-electron chi connectivity index (χ0n) is 7.78. The van der Waals surface area contributed by atoms with E-state index in [0.717, 1.165) is 35.5 Å². The number of hydrogen-bond donors (Lipinski definition) is 0. The van der Waals surface area contributed by atoms with E-state index in [2.05, 4.69) is 27.6 Å². The summed E-state index contributed by atoms with van der Waals surface area (Å²) in [5.41, 5.74) is 0. The molecular weight excluding hydrogens is 293 g/mol. The summed E-state index contributed by atoms with van der Waals surface area (Å²) in [4.78, 5) is 4.20. The van der Waals surface area contributed by atoms with Crippen molar-refractivity contribution in [3.63, 3.8) is 0 Å². The van der Waals surface area contributed by atoms with Gasteiger partial charge in [0, 0.05) is 19.0 Å². The highest BCUT2D eigenvalue weighted by molar-refractivity contribution is 14.1. The second-order valence-electron chi connectivity index (χ2n) is 3.22. The average Bonchev–Trinajstić information content (AvgIpc) is 2.23. The molecule has 2 heterocycles. The minimum absolute atomic E-state index is 0.271. The molecule has 1 aliphatic rings. The third kappa shape index (κ3) is 2.57. The summed E-state index contributed by atoms with van der Waals surface area (Å²) in [5.74, 6) is 0.750. The molecule has 1 fully saturated rings. The largest absolute Gasteiger partial charge is 0.473 e. The van der Waals surface area contributed by atoms with Crippen LogP contribution in [0.1, 0.15) is 12.8 Å². The smallest absolute Gasteiger partial charge is 0.227 e. The van der Waals surface area contributed by atoms with Gasteiger partial charge >= 0.3 is 0 Å². The van der Waals surface area contributed by atoms with E-state index >= 15 is 0 Å². The SMILES string of the molecule is Ic1cccnc1OC1CCOCC1. The number of pyridine rings is 1. The molecule has 14 heavy (non-hydrogen) atoms. The van der Waals surface area contributed by atoms with Gasteiger partial charge in [0.1, 0.15) is 6.10 Å². The molecule has 0 amide bonds. The van der Waals surface area contributed by atoms with Crippen molar-refractivity contribution in [1.82, 2.24) is 4.98 Å². The van der Waals surface area contributed by atoms with Gasteiger partial charge in [0.15, 0.2) is 0 Å². The molecule has 0 saturated carbocycles. The van der Waals surface area contributed by atoms with Crippen molar-refractivity contribution < 1.29 is 9.47 Å². The molecule has 4 heteroatoms. The molecule has 0 atom stereocenters. The molecule has 1 aromatic heterocycles. The van der Waals surface area contributed by atoms with Crippen LogP contribution in [-0.4, -0.2) is 24.3 Å². The Labute approximate surface area is 97.0 Å². The van der Waals surface area contributed by atoms with Crippen LogP contribution < -0.4 is 4.74 Å². The van der Waals surface area contributed by atoms with Gasteiger partial charge in [0.05, 0.1) is 16.8 Å². The minimum Gasteiger partial charge on any atom is -0.473 e. The fraction of sp³-hybridized carbons (Fsp3) is 0.500. The lowest BCUT2D eigenvalue weighted by molar-refractivity contribution is 0.0233. The zero-order valence-corrected chi connectivity index (χ0v) is 9.94. The van der Waals surface area contributed by atoms with Crippen LogP contribution in [0.2, 0.25) is 0 Å². The van der Waals surface area contributed by atoms with E-state index in [4.69, 9.17) is 9.47 Å². The van der Waals surface area contributed by atoms with Crippen LogP contribution in [0, 0.1) is 3.57 Å². The maximum atomic E-state index is 5.79. The summed E-state index contributed by atoms with van der Waals surface area (Å²) < 4.78 is 12.1. The monoisotopic (exact) mass is 305 g/mol. The predicted octanol–water partition coefficient (Wildman–Crippen LogP) is 2.24. The Bertz CT molecular complexity index is 300. The van der Waals surface area contributed by atoms with E-state index in [1.54, 1.807) is 6.20 Å². The van der Waals surface area contributed by atoms with Gasteiger partial charge in [-0.05, 0) is 34.7 Å². The highest BCUT2D eigenvalue weighted by atomic mass is 127. The fourth-order valence-electron chi connectivity index (χ4n) is 1.41. The van der Waals surface area contributed by atoms with Crippen LogP contribution in [0.3, 0.4) is 0 Å². The van der Waals surface area contributed by atoms with Crippen molar-refractivity contribution in [2.45, 2.75) is 18.9 Å². The number of nitrogens with zero attached hydrogens (tertiary/aromatic N) is 1. The molecule has 0 spiro atoms. The number of halogens is 1. The predicted molar refractivity (Wildman–Crippen MR) is 61.4 cm³/mol. The molecule has 1 aliphatic heterocycles. The number of hydrogen-bond acceptors (Lipinski definition) is 3. The maximum Gasteiger partial charge on any atom is 0.227 e. The highest BCUT2D eigenvalue weighted by Crippen LogP contribution is 2.20. The summed E-state index contributed by atoms with van der Waals surface area (Å²) in [6, 6.07) is 3.92. The summed E-state index contributed by atoms with van der Waals surface area (Å²) in [6.07, 6.45) is 3.96. The third-order valence-electron chi connectivity index (χ3n) is 2.17. The summed E-state index contributed by atoms with van der Waals surface area (Å²) >= 11 is 2.24. The maximum absolute atomic E-state index is 5.79. The number of ether oxygens (including phenoxy) is 2. The van der Waals surface area contributed by atoms with Gasteiger partial charge < -0.3 is 9.47 Å². The van der Waals surface area contributed by atoms with Crippen molar-refractivity contribution in [3.8, 4) is 5.88 Å². The van der Waals surface area contributed by atoms with E-state index in [1.807, 2.05) is 12.1 Å². The van der Waals surface area contributed by atoms with E-state index in [0.29, 0.717) is 0 Å². The van der Waals surface area contributed by atoms with Gasteiger partial charge in [0.2, 0.25) is 5.88 Å². The summed E-state index contributed by atoms with van der Waals surface area (Å²) in [5, 5.41) is 0. The molecule has 0 unspecified atom stereocenters. The van der Waals surface area contributed by atoms with E-state index in [-0.39, 0.29) is 6.10 Å². The minimum atomic E-state index is 0.271. The first-order chi connectivity index (χ1) is 6.86. The van der Waals surface area contributed by atoms with Crippen LogP contribution >= 0.6 is 22.6 Å². The molecule has 0 aromatic carbocycles. The second-order valence-corrected chi connectivity index (χ2v) is 4.38. The fourth-order valence-corrected chi connectivity index (χ4v) is 1.88. The van der Waals surface area contributed by atoms with Crippen LogP contribution in [0.5, 0.6) is 5.88 Å². The molecule has 1 aromatic rings. The van der Waals surface area contributed by atoms with Crippen LogP contribution in [0.15, 0.2) is 18.3 Å². The Morgan fingerprint density at radius 1 is 1.43 bits per heavy atom. The first-order valence-electron chi connectivity index (χ1n) is 4.71. The zero-order chi connectivity index (χ0) is 9.80. The van der Waals surface area contributed by atoms with E-state index < -0.39 is 0 Å². The van der Waals surface area contributed by atoms with Crippen LogP contribution in [0.4, 0.5) is 0 Å². The molecule has 0 N–H and O–H groups in total. The highest BCUT2D eigenvalue weighted by Gasteiger charge is 2.16. The van der Waals surface area contributed by atoms with Crippen molar-refractivity contribution in [1.29, 1.82) is 0 Å². The average molecular weight is 305 g/mol. The van der Waals surface area contributed by atoms with Gasteiger partial charge in [0.25, 0.3) is 0 Å². The number of aromatic nitrogens is 1. The Balaban J connectivity index is 1.99. The Kier molecular flexibility index (Phi) is 3.58. The normalized spacial score (nSPS) is 18.1. The second kappa shape index (κ2) is 4.93. The van der Waals surface area contributed by atoms with E-state index in [9.17, 15) is 0 Å². The molecule has 2 rings (SSSR count). The molecule has 3 nitrogen and oxygen atoms in total. The van der Waals surface area contributed by atoms with E-state index in [1.165, 1.54) is 0 Å². The van der Waals surface area contributed by atoms with Crippen LogP contribution in [0.25, 0.3) is 0 Å². The summed E-state index contributed by atoms with van der Waals surface area (Å²) in [7, 11) is 0.